The molecule has 302 valence electrons. The molecule has 59 heavy (non-hydrogen) atoms. The zero-order valence-corrected chi connectivity index (χ0v) is 33.2. The maximum Gasteiger partial charge on any atom is 0.224 e. The monoisotopic (exact) mass is 788 g/mol. The highest BCUT2D eigenvalue weighted by atomic mass is 16.7. The van der Waals surface area contributed by atoms with Crippen molar-refractivity contribution in [1.29, 1.82) is 0 Å². The molecule has 0 unspecified atom stereocenters. The van der Waals surface area contributed by atoms with E-state index >= 15 is 0 Å². The van der Waals surface area contributed by atoms with Crippen LogP contribution in [0.25, 0.3) is 11.1 Å². The molecule has 1 saturated heterocycles. The van der Waals surface area contributed by atoms with Crippen LogP contribution in [0.4, 0.5) is 11.4 Å². The van der Waals surface area contributed by atoms with Crippen molar-refractivity contribution in [1.82, 2.24) is 10.2 Å². The molecule has 9 nitrogen and oxygen atoms in total. The molecule has 0 aromatic heterocycles. The fraction of sp³-hybridized carbons (Fsp3) is 0.240. The van der Waals surface area contributed by atoms with Gasteiger partial charge in [0.15, 0.2) is 6.29 Å². The molecule has 3 atom stereocenters. The van der Waals surface area contributed by atoms with Crippen molar-refractivity contribution in [3.63, 3.8) is 0 Å². The summed E-state index contributed by atoms with van der Waals surface area (Å²) in [6, 6.07) is 52.6. The first-order chi connectivity index (χ1) is 28.9. The lowest BCUT2D eigenvalue weighted by Crippen LogP contribution is -2.39. The number of carbonyl (C=O) groups excluding carboxylic acids is 2. The average Bonchev–Trinajstić information content (AvgIpc) is 3.27. The summed E-state index contributed by atoms with van der Waals surface area (Å²) in [7, 11) is 0. The molecule has 2 amide bonds. The third kappa shape index (κ3) is 12.0. The Hall–Kier alpha value is -6.10. The van der Waals surface area contributed by atoms with Crippen LogP contribution in [0.5, 0.6) is 0 Å². The number of aliphatic hydroxyl groups is 1. The second kappa shape index (κ2) is 20.5. The maximum absolute atomic E-state index is 12.7. The molecular formula is C50H52N4O5. The molecule has 1 aliphatic rings. The number of nitrogens with zero attached hydrogens (tertiary/aromatic N) is 1. The van der Waals surface area contributed by atoms with Crippen molar-refractivity contribution in [2.24, 2.45) is 0 Å². The lowest BCUT2D eigenvalue weighted by atomic mass is 9.98. The Morgan fingerprint density at radius 2 is 1.27 bits per heavy atom. The van der Waals surface area contributed by atoms with E-state index in [4.69, 9.17) is 15.2 Å². The van der Waals surface area contributed by atoms with E-state index in [1.165, 1.54) is 11.1 Å². The molecule has 0 bridgehead atoms. The summed E-state index contributed by atoms with van der Waals surface area (Å²) in [4.78, 5) is 27.5. The van der Waals surface area contributed by atoms with Crippen LogP contribution in [0.3, 0.4) is 0 Å². The van der Waals surface area contributed by atoms with Crippen LogP contribution >= 0.6 is 0 Å². The number of hydrogen-bond donors (Lipinski definition) is 4. The van der Waals surface area contributed by atoms with Crippen molar-refractivity contribution in [2.75, 3.05) is 17.6 Å². The van der Waals surface area contributed by atoms with E-state index in [9.17, 15) is 14.7 Å². The average molecular weight is 789 g/mol. The van der Waals surface area contributed by atoms with Gasteiger partial charge in [0.1, 0.15) is 0 Å². The standard InChI is InChI=1S/C50H52N4O5/c51-45-20-7-8-21-46(45)53-49(57)23-11-22-48(56)52-31-39-16-9-17-41(28-39)42-18-10-19-43(29-42)50-58-44(30-47(59-50)40-26-24-38(35-55)25-27-40)34-54(32-36-12-3-1-4-13-36)33-37-14-5-2-6-15-37/h1-10,12-21,24-29,44,47,50,55H,11,22-23,30-35,51H2,(H,52,56)(H,53,57)/t44-,47+,50+/m0/s1. The van der Waals surface area contributed by atoms with Gasteiger partial charge in [0, 0.05) is 51.0 Å². The summed E-state index contributed by atoms with van der Waals surface area (Å²) in [6.45, 7) is 2.63. The van der Waals surface area contributed by atoms with Crippen molar-refractivity contribution in [2.45, 2.75) is 70.4 Å². The van der Waals surface area contributed by atoms with E-state index in [1.807, 2.05) is 72.8 Å². The van der Waals surface area contributed by atoms with Crippen LogP contribution in [0.1, 0.15) is 71.5 Å². The normalized spacial score (nSPS) is 16.4. The van der Waals surface area contributed by atoms with Gasteiger partial charge in [-0.2, -0.15) is 0 Å². The first-order valence-electron chi connectivity index (χ1n) is 20.3. The second-order valence-corrected chi connectivity index (χ2v) is 15.1. The van der Waals surface area contributed by atoms with Crippen LogP contribution in [-0.4, -0.2) is 34.5 Å². The van der Waals surface area contributed by atoms with Gasteiger partial charge >= 0.3 is 0 Å². The van der Waals surface area contributed by atoms with Crippen LogP contribution in [0, 0.1) is 0 Å². The Morgan fingerprint density at radius 1 is 0.644 bits per heavy atom. The molecule has 1 fully saturated rings. The van der Waals surface area contributed by atoms with Crippen LogP contribution in [-0.2, 0) is 45.3 Å². The van der Waals surface area contributed by atoms with E-state index in [0.29, 0.717) is 37.3 Å². The number of amides is 2. The number of nitrogen functional groups attached to an aromatic ring is 1. The number of nitrogens with two attached hydrogens (primary N) is 1. The third-order valence-electron chi connectivity index (χ3n) is 10.5. The predicted octanol–water partition coefficient (Wildman–Crippen LogP) is 9.10. The lowest BCUT2D eigenvalue weighted by Gasteiger charge is -2.38. The molecule has 6 aromatic rings. The Morgan fingerprint density at radius 3 is 1.97 bits per heavy atom. The van der Waals surface area contributed by atoms with E-state index in [1.54, 1.807) is 12.1 Å². The lowest BCUT2D eigenvalue weighted by molar-refractivity contribution is -0.253. The summed E-state index contributed by atoms with van der Waals surface area (Å²) in [5.41, 5.74) is 15.3. The number of anilines is 2. The van der Waals surface area contributed by atoms with E-state index in [-0.39, 0.29) is 43.5 Å². The van der Waals surface area contributed by atoms with Crippen molar-refractivity contribution < 1.29 is 24.2 Å². The first-order valence-corrected chi connectivity index (χ1v) is 20.3. The number of benzene rings is 6. The van der Waals surface area contributed by atoms with E-state index in [0.717, 1.165) is 46.5 Å². The topological polar surface area (TPSA) is 126 Å². The highest BCUT2D eigenvalue weighted by Gasteiger charge is 2.33. The molecule has 1 aliphatic heterocycles. The van der Waals surface area contributed by atoms with Crippen molar-refractivity contribution in [3.05, 3.63) is 191 Å². The molecular weight excluding hydrogens is 737 g/mol. The molecule has 0 radical (unpaired) electrons. The highest BCUT2D eigenvalue weighted by Crippen LogP contribution is 2.39. The van der Waals surface area contributed by atoms with Crippen molar-refractivity contribution in [3.8, 4) is 11.1 Å². The molecule has 9 heteroatoms. The second-order valence-electron chi connectivity index (χ2n) is 15.1. The molecule has 0 saturated carbocycles. The van der Waals surface area contributed by atoms with Gasteiger partial charge in [-0.15, -0.1) is 0 Å². The predicted molar refractivity (Wildman–Crippen MR) is 232 cm³/mol. The van der Waals surface area contributed by atoms with Gasteiger partial charge in [-0.25, -0.2) is 0 Å². The summed E-state index contributed by atoms with van der Waals surface area (Å²) in [6.07, 6.45) is 0.616. The Balaban J connectivity index is 1.02. The van der Waals surface area contributed by atoms with Gasteiger partial charge in [-0.05, 0) is 69.6 Å². The van der Waals surface area contributed by atoms with Crippen LogP contribution in [0.2, 0.25) is 0 Å². The van der Waals surface area contributed by atoms with Gasteiger partial charge in [0.05, 0.1) is 30.2 Å². The molecule has 0 spiro atoms. The first kappa shape index (κ1) is 41.1. The van der Waals surface area contributed by atoms with Gasteiger partial charge < -0.3 is 30.9 Å². The minimum Gasteiger partial charge on any atom is -0.397 e. The summed E-state index contributed by atoms with van der Waals surface area (Å²) in [5.74, 6) is -0.289. The highest BCUT2D eigenvalue weighted by molar-refractivity contribution is 5.94. The Bertz CT molecular complexity index is 2230. The largest absolute Gasteiger partial charge is 0.397 e. The quantitative estimate of drug-likeness (QED) is 0.0680. The number of carbonyl (C=O) groups is 2. The summed E-state index contributed by atoms with van der Waals surface area (Å²) < 4.78 is 13.6. The fourth-order valence-electron chi connectivity index (χ4n) is 7.44. The van der Waals surface area contributed by atoms with Gasteiger partial charge in [0.25, 0.3) is 0 Å². The molecule has 7 rings (SSSR count). The van der Waals surface area contributed by atoms with Gasteiger partial charge in [-0.1, -0.05) is 133 Å². The smallest absolute Gasteiger partial charge is 0.224 e. The zero-order valence-electron chi connectivity index (χ0n) is 33.2. The van der Waals surface area contributed by atoms with Gasteiger partial charge in [-0.3, -0.25) is 14.5 Å². The van der Waals surface area contributed by atoms with Crippen LogP contribution in [0.15, 0.2) is 158 Å². The van der Waals surface area contributed by atoms with Crippen molar-refractivity contribution >= 4 is 23.2 Å². The summed E-state index contributed by atoms with van der Waals surface area (Å²) >= 11 is 0. The van der Waals surface area contributed by atoms with Gasteiger partial charge in [0.2, 0.25) is 11.8 Å². The number of hydrogen-bond acceptors (Lipinski definition) is 7. The fourth-order valence-corrected chi connectivity index (χ4v) is 7.44. The molecule has 0 aliphatic carbocycles. The van der Waals surface area contributed by atoms with E-state index in [2.05, 4.69) is 88.3 Å². The zero-order chi connectivity index (χ0) is 40.8. The Labute approximate surface area is 346 Å². The van der Waals surface area contributed by atoms with Crippen LogP contribution < -0.4 is 16.4 Å². The minimum absolute atomic E-state index is 0.0132. The number of rotatable bonds is 17. The van der Waals surface area contributed by atoms with E-state index < -0.39 is 6.29 Å². The maximum atomic E-state index is 12.7. The summed E-state index contributed by atoms with van der Waals surface area (Å²) in [5, 5.41) is 15.5. The number of ether oxygens (including phenoxy) is 2. The molecule has 6 aromatic carbocycles. The number of aliphatic hydroxyl groups excluding tert-OH is 1. The number of para-hydroxylation sites is 2. The number of nitrogens with one attached hydrogen (secondary N) is 2. The SMILES string of the molecule is Nc1ccccc1NC(=O)CCCC(=O)NCc1cccc(-c2cccc([C@@H]3O[C@H](CN(Cc4ccccc4)Cc4ccccc4)C[C@H](c4ccc(CO)cc4)O3)c2)c1. The molecule has 1 heterocycles. The Kier molecular flexibility index (Phi) is 14.3. The minimum atomic E-state index is -0.610. The third-order valence-corrected chi connectivity index (χ3v) is 10.5. The molecule has 5 N–H and O–H groups in total.